The molecule has 0 spiro atoms. The Bertz CT molecular complexity index is 959. The predicted octanol–water partition coefficient (Wildman–Crippen LogP) is 5.19. The van der Waals surface area contributed by atoms with Gasteiger partial charge >= 0.3 is 5.57 Å². The first kappa shape index (κ1) is 20.5. The lowest BCUT2D eigenvalue weighted by molar-refractivity contribution is -0.0964. The quantitative estimate of drug-likeness (QED) is 0.622. The van der Waals surface area contributed by atoms with E-state index < -0.39 is 17.0 Å². The number of nitrogens with one attached hydrogen (secondary N) is 1. The van der Waals surface area contributed by atoms with Crippen LogP contribution in [0.3, 0.4) is 0 Å². The molecule has 1 heterocycles. The maximum atomic E-state index is 12.6. The molecule has 0 bridgehead atoms. The number of hydrogen-bond acceptors (Lipinski definition) is 3. The molecule has 0 aliphatic carbocycles. The van der Waals surface area contributed by atoms with Crippen LogP contribution in [-0.2, 0) is 5.54 Å². The van der Waals surface area contributed by atoms with E-state index in [2.05, 4.69) is 26.0 Å². The van der Waals surface area contributed by atoms with Crippen molar-refractivity contribution in [3.63, 3.8) is 0 Å². The highest BCUT2D eigenvalue weighted by Crippen LogP contribution is 2.42. The lowest BCUT2D eigenvalue weighted by Gasteiger charge is -2.29. The fraction of sp³-hybridized carbons (Fsp3) is 0.263. The number of rotatable bonds is 4. The number of carbonyl (C=O) groups is 2. The van der Waals surface area contributed by atoms with Crippen LogP contribution in [-0.4, -0.2) is 29.3 Å². The molecule has 0 atom stereocenters. The molecule has 1 aliphatic heterocycles. The highest BCUT2D eigenvalue weighted by molar-refractivity contribution is 9.10. The van der Waals surface area contributed by atoms with E-state index in [1.807, 2.05) is 13.8 Å². The third-order valence-electron chi connectivity index (χ3n) is 4.68. The molecule has 28 heavy (non-hydrogen) atoms. The van der Waals surface area contributed by atoms with Crippen LogP contribution in [0.5, 0.6) is 5.75 Å². The lowest BCUT2D eigenvalue weighted by Crippen LogP contribution is -2.35. The van der Waals surface area contributed by atoms with Crippen molar-refractivity contribution < 1.29 is 23.1 Å². The first-order chi connectivity index (χ1) is 12.9. The molecule has 1 aliphatic rings. The van der Waals surface area contributed by atoms with Gasteiger partial charge in [-0.25, -0.2) is 0 Å². The molecule has 2 aromatic rings. The van der Waals surface area contributed by atoms with E-state index in [1.54, 1.807) is 24.1 Å². The van der Waals surface area contributed by atoms with Gasteiger partial charge < -0.3 is 15.0 Å². The fourth-order valence-electron chi connectivity index (χ4n) is 3.07. The van der Waals surface area contributed by atoms with E-state index in [-0.39, 0.29) is 17.2 Å². The second-order valence-corrected chi connectivity index (χ2v) is 8.12. The molecule has 0 saturated heterocycles. The zero-order valence-corrected chi connectivity index (χ0v) is 17.5. The van der Waals surface area contributed by atoms with Gasteiger partial charge in [-0.05, 0) is 50.2 Å². The Kier molecular flexibility index (Phi) is 5.14. The van der Waals surface area contributed by atoms with Gasteiger partial charge in [0.25, 0.3) is 11.8 Å². The first-order valence-corrected chi connectivity index (χ1v) is 9.36. The van der Waals surface area contributed by atoms with Gasteiger partial charge in [0.1, 0.15) is 5.75 Å². The summed E-state index contributed by atoms with van der Waals surface area (Å²) in [6, 6.07) is 8.51. The molecule has 0 saturated carbocycles. The van der Waals surface area contributed by atoms with Crippen molar-refractivity contribution in [3.05, 3.63) is 57.6 Å². The van der Waals surface area contributed by atoms with Crippen molar-refractivity contribution in [1.82, 2.24) is 4.90 Å². The maximum Gasteiger partial charge on any atom is 0.487 e. The largest absolute Gasteiger partial charge is 0.487 e. The van der Waals surface area contributed by atoms with Crippen LogP contribution in [0.2, 0.25) is 0 Å². The van der Waals surface area contributed by atoms with Crippen LogP contribution in [0.1, 0.15) is 40.1 Å². The van der Waals surface area contributed by atoms with Gasteiger partial charge in [-0.1, -0.05) is 15.9 Å². The van der Waals surface area contributed by atoms with E-state index >= 15 is 0 Å². The minimum absolute atomic E-state index is 0.144. The molecule has 0 radical (unpaired) electrons. The van der Waals surface area contributed by atoms with Crippen molar-refractivity contribution in [2.45, 2.75) is 25.0 Å². The van der Waals surface area contributed by atoms with Crippen LogP contribution < -0.4 is 10.1 Å². The van der Waals surface area contributed by atoms with Gasteiger partial charge in [0.15, 0.2) is 0 Å². The molecule has 2 aromatic carbocycles. The highest BCUT2D eigenvalue weighted by Gasteiger charge is 2.42. The Balaban J connectivity index is 1.83. The number of ether oxygens (including phenoxy) is 1. The van der Waals surface area contributed by atoms with Crippen molar-refractivity contribution in [1.29, 1.82) is 0 Å². The summed E-state index contributed by atoms with van der Waals surface area (Å²) >= 11 is 8.18. The number of carbonyl (C=O) groups excluding carboxylic acids is 2. The van der Waals surface area contributed by atoms with Crippen molar-refractivity contribution >= 4 is 45.0 Å². The van der Waals surface area contributed by atoms with Crippen LogP contribution in [0.15, 0.2) is 40.9 Å². The van der Waals surface area contributed by atoms with Gasteiger partial charge in [0.2, 0.25) is 0 Å². The van der Waals surface area contributed by atoms with Crippen molar-refractivity contribution in [2.75, 3.05) is 12.4 Å². The van der Waals surface area contributed by atoms with E-state index in [4.69, 9.17) is 11.6 Å². The Hall–Kier alpha value is -2.19. The average molecular weight is 474 g/mol. The fourth-order valence-corrected chi connectivity index (χ4v) is 4.11. The second-order valence-electron chi connectivity index (χ2n) is 6.83. The lowest BCUT2D eigenvalue weighted by atomic mass is 9.92. The van der Waals surface area contributed by atoms with Gasteiger partial charge in [-0.2, -0.15) is 0 Å². The summed E-state index contributed by atoms with van der Waals surface area (Å²) in [5, 5.41) is 2.65. The molecule has 9 heteroatoms. The van der Waals surface area contributed by atoms with Gasteiger partial charge in [-0.15, -0.1) is 8.78 Å². The summed E-state index contributed by atoms with van der Waals surface area (Å²) in [6.45, 7) is 3.85. The molecule has 1 N–H and O–H groups in total. The molecule has 3 rings (SSSR count). The van der Waals surface area contributed by atoms with E-state index in [9.17, 15) is 18.4 Å². The number of anilines is 1. The summed E-state index contributed by atoms with van der Waals surface area (Å²) in [6.07, 6.45) is 0. The number of halogens is 4. The standard InChI is InChI=1S/C19H16BrClF2N2O3/c1-18(2)15-13(17(27)25(18)3)8-10(9-14(15)20)16(26)24-11-4-6-12(7-5-11)28-19(21,22)23/h4-9H,1-3H3,(H,24,26). The monoisotopic (exact) mass is 472 g/mol. The Labute approximate surface area is 173 Å². The van der Waals surface area contributed by atoms with E-state index in [1.165, 1.54) is 24.3 Å². The van der Waals surface area contributed by atoms with Crippen molar-refractivity contribution in [2.24, 2.45) is 0 Å². The zero-order valence-electron chi connectivity index (χ0n) is 15.1. The molecule has 5 nitrogen and oxygen atoms in total. The molecule has 148 valence electrons. The summed E-state index contributed by atoms with van der Waals surface area (Å²) in [7, 11) is 1.71. The first-order valence-electron chi connectivity index (χ1n) is 8.19. The van der Waals surface area contributed by atoms with E-state index in [0.29, 0.717) is 15.7 Å². The van der Waals surface area contributed by atoms with Crippen LogP contribution in [0.25, 0.3) is 0 Å². The number of alkyl halides is 3. The normalized spacial score (nSPS) is 15.4. The Morgan fingerprint density at radius 2 is 1.86 bits per heavy atom. The minimum atomic E-state index is -3.81. The number of amides is 2. The molecule has 0 fully saturated rings. The summed E-state index contributed by atoms with van der Waals surface area (Å²) in [5.74, 6) is -0.756. The molecular weight excluding hydrogens is 458 g/mol. The predicted molar refractivity (Wildman–Crippen MR) is 105 cm³/mol. The van der Waals surface area contributed by atoms with Gasteiger partial charge in [-0.3, -0.25) is 9.59 Å². The Morgan fingerprint density at radius 3 is 2.43 bits per heavy atom. The van der Waals surface area contributed by atoms with Crippen LogP contribution in [0.4, 0.5) is 14.5 Å². The zero-order chi connectivity index (χ0) is 20.9. The molecule has 0 unspecified atom stereocenters. The average Bonchev–Trinajstić information content (AvgIpc) is 2.76. The third kappa shape index (κ3) is 3.84. The number of nitrogens with zero attached hydrogens (tertiary/aromatic N) is 1. The Morgan fingerprint density at radius 1 is 1.25 bits per heavy atom. The third-order valence-corrected chi connectivity index (χ3v) is 5.39. The van der Waals surface area contributed by atoms with Crippen LogP contribution in [0, 0.1) is 0 Å². The van der Waals surface area contributed by atoms with Crippen LogP contribution >= 0.6 is 27.5 Å². The number of benzene rings is 2. The van der Waals surface area contributed by atoms with Gasteiger partial charge in [0, 0.05) is 45.5 Å². The SMILES string of the molecule is CN1C(=O)c2cc(C(=O)Nc3ccc(OC(F)(F)Cl)cc3)cc(Br)c2C1(C)C. The summed E-state index contributed by atoms with van der Waals surface area (Å²) in [4.78, 5) is 26.8. The second kappa shape index (κ2) is 7.00. The molecular formula is C19H16BrClF2N2O3. The maximum absolute atomic E-state index is 12.6. The minimum Gasteiger partial charge on any atom is -0.420 e. The topological polar surface area (TPSA) is 58.6 Å². The molecule has 0 aromatic heterocycles. The van der Waals surface area contributed by atoms with Gasteiger partial charge in [0.05, 0.1) is 5.54 Å². The summed E-state index contributed by atoms with van der Waals surface area (Å²) in [5.41, 5.74) is -2.37. The van der Waals surface area contributed by atoms with E-state index in [0.717, 1.165) is 5.56 Å². The highest BCUT2D eigenvalue weighted by atomic mass is 79.9. The smallest absolute Gasteiger partial charge is 0.420 e. The summed E-state index contributed by atoms with van der Waals surface area (Å²) < 4.78 is 30.2. The number of fused-ring (bicyclic) bond motifs is 1. The number of hydrogen-bond donors (Lipinski definition) is 1. The molecule has 2 amide bonds. The van der Waals surface area contributed by atoms with Crippen molar-refractivity contribution in [3.8, 4) is 5.75 Å².